The van der Waals surface area contributed by atoms with Crippen LogP contribution in [0.2, 0.25) is 0 Å². The van der Waals surface area contributed by atoms with E-state index >= 15 is 0 Å². The zero-order valence-electron chi connectivity index (χ0n) is 17.2. The van der Waals surface area contributed by atoms with Crippen LogP contribution in [0.25, 0.3) is 5.69 Å². The zero-order valence-corrected chi connectivity index (χ0v) is 17.2. The largest absolute Gasteiger partial charge is 0.497 e. The molecule has 8 heteroatoms. The standard InChI is InChI=1S/C23H22F3N3O2/c1-28(14-15-5-3-8-19(11-15)31-2)22(30)20-13-27-29(21(20)16-9-10-16)18-7-4-6-17(12-18)23(24,25)26/h3-8,11-13,16H,9-10,14H2,1-2H3. The molecule has 162 valence electrons. The van der Waals surface area contributed by atoms with Crippen molar-refractivity contribution >= 4 is 5.91 Å². The molecule has 4 rings (SSSR count). The van der Waals surface area contributed by atoms with Crippen LogP contribution in [0.3, 0.4) is 0 Å². The monoisotopic (exact) mass is 429 g/mol. The summed E-state index contributed by atoms with van der Waals surface area (Å²) < 4.78 is 46.2. The predicted octanol–water partition coefficient (Wildman–Crippen LogP) is 5.05. The van der Waals surface area contributed by atoms with Gasteiger partial charge in [-0.1, -0.05) is 18.2 Å². The molecule has 0 aliphatic heterocycles. The molecule has 1 saturated carbocycles. The van der Waals surface area contributed by atoms with Gasteiger partial charge in [0, 0.05) is 19.5 Å². The second-order valence-corrected chi connectivity index (χ2v) is 7.69. The Morgan fingerprint density at radius 3 is 2.61 bits per heavy atom. The summed E-state index contributed by atoms with van der Waals surface area (Å²) in [7, 11) is 3.28. The Hall–Kier alpha value is -3.29. The predicted molar refractivity (Wildman–Crippen MR) is 109 cm³/mol. The highest BCUT2D eigenvalue weighted by Gasteiger charge is 2.35. The molecule has 5 nitrogen and oxygen atoms in total. The zero-order chi connectivity index (χ0) is 22.2. The molecule has 0 spiro atoms. The van der Waals surface area contributed by atoms with Gasteiger partial charge in [0.05, 0.1) is 35.8 Å². The van der Waals surface area contributed by atoms with E-state index in [1.165, 1.54) is 16.9 Å². The Kier molecular flexibility index (Phi) is 5.47. The van der Waals surface area contributed by atoms with Crippen LogP contribution >= 0.6 is 0 Å². The molecule has 1 amide bonds. The molecular weight excluding hydrogens is 407 g/mol. The van der Waals surface area contributed by atoms with Crippen molar-refractivity contribution in [2.45, 2.75) is 31.5 Å². The Bertz CT molecular complexity index is 1100. The summed E-state index contributed by atoms with van der Waals surface area (Å²) >= 11 is 0. The van der Waals surface area contributed by atoms with Gasteiger partial charge in [0.2, 0.25) is 0 Å². The van der Waals surface area contributed by atoms with Crippen molar-refractivity contribution in [2.75, 3.05) is 14.2 Å². The Morgan fingerprint density at radius 2 is 1.94 bits per heavy atom. The molecule has 1 aliphatic carbocycles. The van der Waals surface area contributed by atoms with E-state index in [1.807, 2.05) is 24.3 Å². The maximum Gasteiger partial charge on any atom is 0.416 e. The van der Waals surface area contributed by atoms with Gasteiger partial charge in [-0.15, -0.1) is 0 Å². The molecule has 0 atom stereocenters. The maximum atomic E-state index is 13.2. The number of carbonyl (C=O) groups excluding carboxylic acids is 1. The fraction of sp³-hybridized carbons (Fsp3) is 0.304. The Morgan fingerprint density at radius 1 is 1.19 bits per heavy atom. The van der Waals surface area contributed by atoms with Crippen LogP contribution in [0.4, 0.5) is 13.2 Å². The number of carbonyl (C=O) groups is 1. The van der Waals surface area contributed by atoms with E-state index in [0.29, 0.717) is 29.2 Å². The van der Waals surface area contributed by atoms with Crippen LogP contribution in [-0.2, 0) is 12.7 Å². The van der Waals surface area contributed by atoms with Crippen LogP contribution in [-0.4, -0.2) is 34.7 Å². The molecule has 0 bridgehead atoms. The van der Waals surface area contributed by atoms with E-state index in [-0.39, 0.29) is 11.8 Å². The maximum absolute atomic E-state index is 13.2. The third kappa shape index (κ3) is 4.42. The van der Waals surface area contributed by atoms with E-state index in [2.05, 4.69) is 5.10 Å². The van der Waals surface area contributed by atoms with Gasteiger partial charge < -0.3 is 9.64 Å². The number of hydrogen-bond donors (Lipinski definition) is 0. The molecule has 1 aromatic heterocycles. The fourth-order valence-corrected chi connectivity index (χ4v) is 3.61. The number of alkyl halides is 3. The lowest BCUT2D eigenvalue weighted by Crippen LogP contribution is -2.27. The van der Waals surface area contributed by atoms with Crippen molar-refractivity contribution in [3.05, 3.63) is 77.1 Å². The van der Waals surface area contributed by atoms with Crippen molar-refractivity contribution in [2.24, 2.45) is 0 Å². The van der Waals surface area contributed by atoms with E-state index in [1.54, 1.807) is 25.1 Å². The SMILES string of the molecule is COc1cccc(CN(C)C(=O)c2cnn(-c3cccc(C(F)(F)F)c3)c2C2CC2)c1. The van der Waals surface area contributed by atoms with Gasteiger partial charge in [-0.25, -0.2) is 4.68 Å². The van der Waals surface area contributed by atoms with Crippen LogP contribution in [0, 0.1) is 0 Å². The minimum absolute atomic E-state index is 0.112. The molecule has 2 aromatic carbocycles. The number of nitrogens with zero attached hydrogens (tertiary/aromatic N) is 3. The van der Waals surface area contributed by atoms with Crippen LogP contribution in [0.15, 0.2) is 54.7 Å². The third-order valence-electron chi connectivity index (χ3n) is 5.32. The summed E-state index contributed by atoms with van der Waals surface area (Å²) in [5, 5.41) is 4.29. The second kappa shape index (κ2) is 8.09. The molecule has 3 aromatic rings. The van der Waals surface area contributed by atoms with Crippen molar-refractivity contribution in [1.82, 2.24) is 14.7 Å². The summed E-state index contributed by atoms with van der Waals surface area (Å²) in [4.78, 5) is 14.8. The second-order valence-electron chi connectivity index (χ2n) is 7.69. The summed E-state index contributed by atoms with van der Waals surface area (Å²) in [6.45, 7) is 0.370. The number of aromatic nitrogens is 2. The average Bonchev–Trinajstić information content (AvgIpc) is 3.50. The minimum Gasteiger partial charge on any atom is -0.497 e. The Labute approximate surface area is 178 Å². The van der Waals surface area contributed by atoms with Crippen LogP contribution < -0.4 is 4.74 Å². The number of rotatable bonds is 6. The van der Waals surface area contributed by atoms with Gasteiger partial charge >= 0.3 is 6.18 Å². The molecule has 0 radical (unpaired) electrons. The lowest BCUT2D eigenvalue weighted by Gasteiger charge is -2.18. The fourth-order valence-electron chi connectivity index (χ4n) is 3.61. The molecule has 0 N–H and O–H groups in total. The molecular formula is C23H22F3N3O2. The highest BCUT2D eigenvalue weighted by atomic mass is 19.4. The van der Waals surface area contributed by atoms with Gasteiger partial charge in [0.25, 0.3) is 5.91 Å². The smallest absolute Gasteiger partial charge is 0.416 e. The molecule has 31 heavy (non-hydrogen) atoms. The number of benzene rings is 2. The van der Waals surface area contributed by atoms with E-state index in [0.717, 1.165) is 30.5 Å². The quantitative estimate of drug-likeness (QED) is 0.551. The highest BCUT2D eigenvalue weighted by molar-refractivity contribution is 5.95. The normalized spacial score (nSPS) is 13.8. The van der Waals surface area contributed by atoms with Crippen molar-refractivity contribution in [3.63, 3.8) is 0 Å². The number of methoxy groups -OCH3 is 1. The average molecular weight is 429 g/mol. The lowest BCUT2D eigenvalue weighted by atomic mass is 10.1. The summed E-state index contributed by atoms with van der Waals surface area (Å²) in [6, 6.07) is 12.5. The number of hydrogen-bond acceptors (Lipinski definition) is 3. The first-order valence-electron chi connectivity index (χ1n) is 9.92. The van der Waals surface area contributed by atoms with Crippen molar-refractivity contribution in [1.29, 1.82) is 0 Å². The van der Waals surface area contributed by atoms with Crippen molar-refractivity contribution in [3.8, 4) is 11.4 Å². The van der Waals surface area contributed by atoms with E-state index in [4.69, 9.17) is 4.74 Å². The number of ether oxygens (including phenoxy) is 1. The van der Waals surface area contributed by atoms with Crippen LogP contribution in [0.5, 0.6) is 5.75 Å². The van der Waals surface area contributed by atoms with Gasteiger partial charge in [-0.05, 0) is 48.7 Å². The van der Waals surface area contributed by atoms with E-state index < -0.39 is 11.7 Å². The van der Waals surface area contributed by atoms with Gasteiger partial charge in [-0.2, -0.15) is 18.3 Å². The first-order chi connectivity index (χ1) is 14.8. The summed E-state index contributed by atoms with van der Waals surface area (Å²) in [5.41, 5.74) is 1.55. The third-order valence-corrected chi connectivity index (χ3v) is 5.32. The molecule has 1 heterocycles. The summed E-state index contributed by atoms with van der Waals surface area (Å²) in [5.74, 6) is 0.596. The van der Waals surface area contributed by atoms with Crippen molar-refractivity contribution < 1.29 is 22.7 Å². The van der Waals surface area contributed by atoms with E-state index in [9.17, 15) is 18.0 Å². The van der Waals surface area contributed by atoms with Crippen LogP contribution in [0.1, 0.15) is 45.9 Å². The highest BCUT2D eigenvalue weighted by Crippen LogP contribution is 2.43. The summed E-state index contributed by atoms with van der Waals surface area (Å²) in [6.07, 6.45) is -1.23. The topological polar surface area (TPSA) is 47.4 Å². The van der Waals surface area contributed by atoms with Gasteiger partial charge in [-0.3, -0.25) is 4.79 Å². The first-order valence-corrected chi connectivity index (χ1v) is 9.92. The lowest BCUT2D eigenvalue weighted by molar-refractivity contribution is -0.137. The van der Waals surface area contributed by atoms with Gasteiger partial charge in [0.15, 0.2) is 0 Å². The molecule has 1 fully saturated rings. The van der Waals surface area contributed by atoms with Gasteiger partial charge in [0.1, 0.15) is 5.75 Å². The number of amides is 1. The first kappa shape index (κ1) is 21.0. The Balaban J connectivity index is 1.64. The molecule has 1 aliphatic rings. The minimum atomic E-state index is -4.45. The molecule has 0 saturated heterocycles. The number of halogens is 3. The molecule has 0 unspecified atom stereocenters.